The highest BCUT2D eigenvalue weighted by molar-refractivity contribution is 5.67. The third kappa shape index (κ3) is 3.19. The second-order valence-corrected chi connectivity index (χ2v) is 3.89. The first-order chi connectivity index (χ1) is 9.22. The molecule has 96 valence electrons. The second-order valence-electron chi connectivity index (χ2n) is 3.89. The lowest BCUT2D eigenvalue weighted by Gasteiger charge is -2.09. The number of rotatable bonds is 4. The maximum atomic E-state index is 13.0. The Kier molecular flexibility index (Phi) is 3.94. The number of nitrogens with one attached hydrogen (secondary N) is 2. The highest BCUT2D eigenvalue weighted by atomic mass is 19.1. The summed E-state index contributed by atoms with van der Waals surface area (Å²) < 4.78 is 13.0. The summed E-state index contributed by atoms with van der Waals surface area (Å²) in [6.45, 7) is 2.76. The van der Waals surface area contributed by atoms with Gasteiger partial charge in [0.15, 0.2) is 0 Å². The van der Waals surface area contributed by atoms with E-state index in [-0.39, 0.29) is 5.56 Å². The van der Waals surface area contributed by atoms with Gasteiger partial charge in [0.1, 0.15) is 17.7 Å². The van der Waals surface area contributed by atoms with E-state index in [1.807, 2.05) is 19.1 Å². The van der Waals surface area contributed by atoms with Gasteiger partial charge >= 0.3 is 0 Å². The van der Waals surface area contributed by atoms with Gasteiger partial charge in [-0.3, -0.25) is 0 Å². The normalized spacial score (nSPS) is 9.74. The fourth-order valence-corrected chi connectivity index (χ4v) is 1.66. The molecular formula is C14H13FN4. The third-order valence-electron chi connectivity index (χ3n) is 2.50. The highest BCUT2D eigenvalue weighted by Gasteiger charge is 2.04. The zero-order valence-electron chi connectivity index (χ0n) is 10.4. The monoisotopic (exact) mass is 256 g/mol. The Morgan fingerprint density at radius 3 is 2.89 bits per heavy atom. The molecule has 0 fully saturated rings. The Hall–Kier alpha value is -2.61. The van der Waals surface area contributed by atoms with E-state index in [4.69, 9.17) is 5.26 Å². The number of pyridine rings is 1. The molecule has 0 atom stereocenters. The van der Waals surface area contributed by atoms with E-state index in [0.29, 0.717) is 5.69 Å². The van der Waals surface area contributed by atoms with Crippen LogP contribution in [0.15, 0.2) is 36.5 Å². The lowest BCUT2D eigenvalue weighted by atomic mass is 10.2. The molecule has 19 heavy (non-hydrogen) atoms. The molecule has 4 nitrogen and oxygen atoms in total. The largest absolute Gasteiger partial charge is 0.370 e. The number of benzene rings is 1. The van der Waals surface area contributed by atoms with Crippen LogP contribution in [0.3, 0.4) is 0 Å². The summed E-state index contributed by atoms with van der Waals surface area (Å²) in [6.07, 6.45) is 1.66. The molecule has 2 rings (SSSR count). The summed E-state index contributed by atoms with van der Waals surface area (Å²) in [5, 5.41) is 15.2. The Bertz CT molecular complexity index is 619. The standard InChI is InChI=1S/C14H13FN4/c1-2-17-14-8-12(5-6-18-14)19-13-4-3-11(15)7-10(13)9-16/h3-8H,2H2,1H3,(H2,17,18,19). The van der Waals surface area contributed by atoms with Crippen molar-refractivity contribution in [2.45, 2.75) is 6.92 Å². The molecule has 0 amide bonds. The molecule has 5 heteroatoms. The minimum Gasteiger partial charge on any atom is -0.370 e. The molecular weight excluding hydrogens is 243 g/mol. The Morgan fingerprint density at radius 2 is 2.16 bits per heavy atom. The molecule has 1 aromatic carbocycles. The van der Waals surface area contributed by atoms with Crippen molar-refractivity contribution in [1.82, 2.24) is 4.98 Å². The zero-order chi connectivity index (χ0) is 13.7. The Labute approximate surface area is 110 Å². The fourth-order valence-electron chi connectivity index (χ4n) is 1.66. The average Bonchev–Trinajstić information content (AvgIpc) is 2.41. The van der Waals surface area contributed by atoms with Gasteiger partial charge in [-0.1, -0.05) is 0 Å². The van der Waals surface area contributed by atoms with Crippen LogP contribution in [-0.2, 0) is 0 Å². The van der Waals surface area contributed by atoms with Crippen molar-refractivity contribution in [1.29, 1.82) is 5.26 Å². The van der Waals surface area contributed by atoms with Crippen LogP contribution in [0.2, 0.25) is 0 Å². The van der Waals surface area contributed by atoms with Crippen LogP contribution in [0.1, 0.15) is 12.5 Å². The molecule has 0 radical (unpaired) electrons. The second kappa shape index (κ2) is 5.83. The van der Waals surface area contributed by atoms with E-state index < -0.39 is 5.82 Å². The van der Waals surface area contributed by atoms with Gasteiger partial charge in [-0.05, 0) is 31.2 Å². The molecule has 0 aliphatic carbocycles. The smallest absolute Gasteiger partial charge is 0.127 e. The van der Waals surface area contributed by atoms with E-state index in [1.54, 1.807) is 18.3 Å². The minimum atomic E-state index is -0.426. The molecule has 0 unspecified atom stereocenters. The summed E-state index contributed by atoms with van der Waals surface area (Å²) >= 11 is 0. The van der Waals surface area contributed by atoms with Crippen molar-refractivity contribution < 1.29 is 4.39 Å². The van der Waals surface area contributed by atoms with Crippen molar-refractivity contribution in [3.8, 4) is 6.07 Å². The van der Waals surface area contributed by atoms with Gasteiger partial charge in [0, 0.05) is 24.5 Å². The molecule has 0 saturated heterocycles. The number of nitriles is 1. The minimum absolute atomic E-state index is 0.266. The number of aromatic nitrogens is 1. The van der Waals surface area contributed by atoms with Gasteiger partial charge in [-0.15, -0.1) is 0 Å². The molecule has 0 spiro atoms. The molecule has 0 saturated carbocycles. The first-order valence-corrected chi connectivity index (χ1v) is 5.89. The summed E-state index contributed by atoms with van der Waals surface area (Å²) in [7, 11) is 0. The quantitative estimate of drug-likeness (QED) is 0.881. The lowest BCUT2D eigenvalue weighted by Crippen LogP contribution is -2.00. The van der Waals surface area contributed by atoms with Crippen molar-refractivity contribution in [3.63, 3.8) is 0 Å². The third-order valence-corrected chi connectivity index (χ3v) is 2.50. The van der Waals surface area contributed by atoms with Crippen molar-refractivity contribution in [2.24, 2.45) is 0 Å². The Morgan fingerprint density at radius 1 is 1.32 bits per heavy atom. The van der Waals surface area contributed by atoms with Gasteiger partial charge in [-0.2, -0.15) is 5.26 Å². The molecule has 2 N–H and O–H groups in total. The van der Waals surface area contributed by atoms with E-state index in [0.717, 1.165) is 18.1 Å². The summed E-state index contributed by atoms with van der Waals surface area (Å²) in [6, 6.07) is 9.63. The Balaban J connectivity index is 2.26. The summed E-state index contributed by atoms with van der Waals surface area (Å²) in [4.78, 5) is 4.15. The summed E-state index contributed by atoms with van der Waals surface area (Å²) in [5.41, 5.74) is 1.62. The first kappa shape index (κ1) is 12.8. The van der Waals surface area contributed by atoms with Crippen molar-refractivity contribution in [3.05, 3.63) is 47.9 Å². The van der Waals surface area contributed by atoms with Crippen LogP contribution in [0, 0.1) is 17.1 Å². The zero-order valence-corrected chi connectivity index (χ0v) is 10.4. The van der Waals surface area contributed by atoms with Crippen LogP contribution >= 0.6 is 0 Å². The van der Waals surface area contributed by atoms with Gasteiger partial charge < -0.3 is 10.6 Å². The number of anilines is 3. The van der Waals surface area contributed by atoms with Gasteiger partial charge in [0.05, 0.1) is 11.3 Å². The molecule has 0 bridgehead atoms. The molecule has 1 aromatic heterocycles. The fraction of sp³-hybridized carbons (Fsp3) is 0.143. The number of hydrogen-bond donors (Lipinski definition) is 2. The first-order valence-electron chi connectivity index (χ1n) is 5.89. The van der Waals surface area contributed by atoms with Gasteiger partial charge in [0.2, 0.25) is 0 Å². The van der Waals surface area contributed by atoms with E-state index >= 15 is 0 Å². The van der Waals surface area contributed by atoms with Crippen LogP contribution in [0.5, 0.6) is 0 Å². The van der Waals surface area contributed by atoms with Crippen molar-refractivity contribution in [2.75, 3.05) is 17.2 Å². The molecule has 1 heterocycles. The lowest BCUT2D eigenvalue weighted by molar-refractivity contribution is 0.627. The topological polar surface area (TPSA) is 60.7 Å². The average molecular weight is 256 g/mol. The molecule has 2 aromatic rings. The molecule has 0 aliphatic rings. The predicted molar refractivity (Wildman–Crippen MR) is 72.8 cm³/mol. The van der Waals surface area contributed by atoms with Crippen molar-refractivity contribution >= 4 is 17.2 Å². The number of hydrogen-bond acceptors (Lipinski definition) is 4. The van der Waals surface area contributed by atoms with Crippen LogP contribution in [0.25, 0.3) is 0 Å². The number of nitrogens with zero attached hydrogens (tertiary/aromatic N) is 2. The SMILES string of the molecule is CCNc1cc(Nc2ccc(F)cc2C#N)ccn1. The van der Waals surface area contributed by atoms with Crippen LogP contribution in [0.4, 0.5) is 21.6 Å². The maximum Gasteiger partial charge on any atom is 0.127 e. The van der Waals surface area contributed by atoms with Gasteiger partial charge in [-0.25, -0.2) is 9.37 Å². The van der Waals surface area contributed by atoms with E-state index in [1.165, 1.54) is 12.1 Å². The van der Waals surface area contributed by atoms with E-state index in [9.17, 15) is 4.39 Å². The highest BCUT2D eigenvalue weighted by Crippen LogP contribution is 2.22. The maximum absolute atomic E-state index is 13.0. The van der Waals surface area contributed by atoms with E-state index in [2.05, 4.69) is 15.6 Å². The predicted octanol–water partition coefficient (Wildman–Crippen LogP) is 3.27. The van der Waals surface area contributed by atoms with Crippen LogP contribution < -0.4 is 10.6 Å². The number of halogens is 1. The van der Waals surface area contributed by atoms with Crippen LogP contribution in [-0.4, -0.2) is 11.5 Å². The van der Waals surface area contributed by atoms with Gasteiger partial charge in [0.25, 0.3) is 0 Å². The molecule has 0 aliphatic heterocycles. The summed E-state index contributed by atoms with van der Waals surface area (Å²) in [5.74, 6) is 0.318.